The molecule has 1 aliphatic rings. The van der Waals surface area contributed by atoms with Crippen molar-refractivity contribution in [2.75, 3.05) is 24.6 Å². The van der Waals surface area contributed by atoms with Gasteiger partial charge in [-0.1, -0.05) is 30.3 Å². The molecule has 1 heterocycles. The van der Waals surface area contributed by atoms with E-state index < -0.39 is 0 Å². The first-order valence-corrected chi connectivity index (χ1v) is 7.05. The molecule has 0 amide bonds. The zero-order valence-corrected chi connectivity index (χ0v) is 10.6. The molecule has 0 aromatic heterocycles. The summed E-state index contributed by atoms with van der Waals surface area (Å²) in [5, 5.41) is 0. The third-order valence-electron chi connectivity index (χ3n) is 3.16. The Kier molecular flexibility index (Phi) is 4.27. The molecular weight excluding hydrogens is 216 g/mol. The Bertz CT molecular complexity index is 315. The highest BCUT2D eigenvalue weighted by Gasteiger charge is 2.20. The van der Waals surface area contributed by atoms with E-state index in [2.05, 4.69) is 36.1 Å². The minimum Gasteiger partial charge on any atom is -0.323 e. The molecule has 0 bridgehead atoms. The fourth-order valence-corrected chi connectivity index (χ4v) is 3.17. The van der Waals surface area contributed by atoms with Crippen molar-refractivity contribution in [1.29, 1.82) is 0 Å². The molecule has 1 saturated heterocycles. The van der Waals surface area contributed by atoms with E-state index in [0.717, 1.165) is 6.54 Å². The number of benzene rings is 1. The Hall–Kier alpha value is -0.510. The largest absolute Gasteiger partial charge is 0.323 e. The van der Waals surface area contributed by atoms with Gasteiger partial charge in [-0.25, -0.2) is 0 Å². The molecule has 0 aliphatic carbocycles. The van der Waals surface area contributed by atoms with Crippen LogP contribution in [-0.4, -0.2) is 35.5 Å². The van der Waals surface area contributed by atoms with E-state index in [-0.39, 0.29) is 6.04 Å². The van der Waals surface area contributed by atoms with E-state index in [1.807, 2.05) is 17.8 Å². The van der Waals surface area contributed by atoms with Gasteiger partial charge in [-0.3, -0.25) is 4.90 Å². The summed E-state index contributed by atoms with van der Waals surface area (Å²) in [7, 11) is 0. The molecule has 0 radical (unpaired) electrons. The van der Waals surface area contributed by atoms with Crippen molar-refractivity contribution < 1.29 is 0 Å². The molecule has 0 spiro atoms. The highest BCUT2D eigenvalue weighted by atomic mass is 32.2. The molecule has 0 saturated carbocycles. The first-order valence-electron chi connectivity index (χ1n) is 5.89. The van der Waals surface area contributed by atoms with Crippen molar-refractivity contribution in [3.8, 4) is 0 Å². The zero-order chi connectivity index (χ0) is 11.4. The summed E-state index contributed by atoms with van der Waals surface area (Å²) in [6.07, 6.45) is 0. The van der Waals surface area contributed by atoms with E-state index in [4.69, 9.17) is 5.73 Å². The summed E-state index contributed by atoms with van der Waals surface area (Å²) in [4.78, 5) is 2.51. The second-order valence-electron chi connectivity index (χ2n) is 4.44. The van der Waals surface area contributed by atoms with Crippen LogP contribution >= 0.6 is 11.8 Å². The Labute approximate surface area is 102 Å². The molecule has 2 atom stereocenters. The highest BCUT2D eigenvalue weighted by Crippen LogP contribution is 2.19. The number of thioether (sulfide) groups is 1. The lowest BCUT2D eigenvalue weighted by molar-refractivity contribution is 0.219. The summed E-state index contributed by atoms with van der Waals surface area (Å²) in [5.74, 6) is 2.48. The molecule has 1 aliphatic heterocycles. The molecule has 2 N–H and O–H groups in total. The van der Waals surface area contributed by atoms with Crippen LogP contribution in [0.15, 0.2) is 30.3 Å². The van der Waals surface area contributed by atoms with Crippen LogP contribution in [0.3, 0.4) is 0 Å². The van der Waals surface area contributed by atoms with Gasteiger partial charge in [-0.05, 0) is 12.5 Å². The predicted octanol–water partition coefficient (Wildman–Crippen LogP) is 2.12. The molecule has 88 valence electrons. The van der Waals surface area contributed by atoms with Crippen LogP contribution in [0.5, 0.6) is 0 Å². The van der Waals surface area contributed by atoms with Crippen molar-refractivity contribution in [2.24, 2.45) is 5.73 Å². The van der Waals surface area contributed by atoms with Crippen LogP contribution < -0.4 is 5.73 Å². The normalized spacial score (nSPS) is 24.2. The van der Waals surface area contributed by atoms with Crippen LogP contribution in [0.25, 0.3) is 0 Å². The standard InChI is InChI=1S/C13H20N2S/c1-11-10-16-8-7-15(11)9-13(14)12-5-3-2-4-6-12/h2-6,11,13H,7-10,14H2,1H3. The van der Waals surface area contributed by atoms with Crippen LogP contribution in [0.2, 0.25) is 0 Å². The summed E-state index contributed by atoms with van der Waals surface area (Å²) in [6.45, 7) is 4.45. The van der Waals surface area contributed by atoms with Gasteiger partial charge in [0, 0.05) is 36.7 Å². The van der Waals surface area contributed by atoms with E-state index in [1.54, 1.807) is 0 Å². The highest BCUT2D eigenvalue weighted by molar-refractivity contribution is 7.99. The Morgan fingerprint density at radius 2 is 2.19 bits per heavy atom. The fraction of sp³-hybridized carbons (Fsp3) is 0.538. The van der Waals surface area contributed by atoms with Crippen LogP contribution in [0.1, 0.15) is 18.5 Å². The third kappa shape index (κ3) is 3.00. The maximum atomic E-state index is 6.24. The lowest BCUT2D eigenvalue weighted by atomic mass is 10.1. The van der Waals surface area contributed by atoms with Gasteiger partial charge in [-0.15, -0.1) is 0 Å². The first kappa shape index (κ1) is 12.0. The summed E-state index contributed by atoms with van der Waals surface area (Å²) in [6, 6.07) is 11.2. The molecule has 16 heavy (non-hydrogen) atoms. The maximum absolute atomic E-state index is 6.24. The van der Waals surface area contributed by atoms with Gasteiger partial charge < -0.3 is 5.73 Å². The number of nitrogens with two attached hydrogens (primary N) is 1. The van der Waals surface area contributed by atoms with E-state index in [9.17, 15) is 0 Å². The second-order valence-corrected chi connectivity index (χ2v) is 5.59. The van der Waals surface area contributed by atoms with Crippen LogP contribution in [0, 0.1) is 0 Å². The van der Waals surface area contributed by atoms with E-state index >= 15 is 0 Å². The predicted molar refractivity (Wildman–Crippen MR) is 71.7 cm³/mol. The number of nitrogens with zero attached hydrogens (tertiary/aromatic N) is 1. The third-order valence-corrected chi connectivity index (χ3v) is 4.35. The Balaban J connectivity index is 1.94. The fourth-order valence-electron chi connectivity index (χ4n) is 2.09. The molecule has 2 unspecified atom stereocenters. The van der Waals surface area contributed by atoms with Crippen LogP contribution in [-0.2, 0) is 0 Å². The van der Waals surface area contributed by atoms with Crippen molar-refractivity contribution >= 4 is 11.8 Å². The first-order chi connectivity index (χ1) is 7.77. The number of rotatable bonds is 3. The molecule has 2 rings (SSSR count). The van der Waals surface area contributed by atoms with Gasteiger partial charge in [0.05, 0.1) is 0 Å². The molecular formula is C13H20N2S. The lowest BCUT2D eigenvalue weighted by Gasteiger charge is -2.34. The van der Waals surface area contributed by atoms with Crippen molar-refractivity contribution in [2.45, 2.75) is 19.0 Å². The molecule has 1 aromatic rings. The minimum atomic E-state index is 0.145. The monoisotopic (exact) mass is 236 g/mol. The van der Waals surface area contributed by atoms with Gasteiger partial charge in [0.15, 0.2) is 0 Å². The second kappa shape index (κ2) is 5.71. The van der Waals surface area contributed by atoms with Gasteiger partial charge in [0.2, 0.25) is 0 Å². The Morgan fingerprint density at radius 3 is 2.88 bits per heavy atom. The number of hydrogen-bond acceptors (Lipinski definition) is 3. The van der Waals surface area contributed by atoms with Crippen LogP contribution in [0.4, 0.5) is 0 Å². The van der Waals surface area contributed by atoms with E-state index in [1.165, 1.54) is 23.6 Å². The minimum absolute atomic E-state index is 0.145. The van der Waals surface area contributed by atoms with Gasteiger partial charge >= 0.3 is 0 Å². The maximum Gasteiger partial charge on any atom is 0.0424 e. The average Bonchev–Trinajstić information content (AvgIpc) is 2.33. The quantitative estimate of drug-likeness (QED) is 0.871. The summed E-state index contributed by atoms with van der Waals surface area (Å²) < 4.78 is 0. The Morgan fingerprint density at radius 1 is 1.44 bits per heavy atom. The average molecular weight is 236 g/mol. The number of hydrogen-bond donors (Lipinski definition) is 1. The molecule has 3 heteroatoms. The van der Waals surface area contributed by atoms with Crippen molar-refractivity contribution in [3.05, 3.63) is 35.9 Å². The van der Waals surface area contributed by atoms with E-state index in [0.29, 0.717) is 6.04 Å². The van der Waals surface area contributed by atoms with Gasteiger partial charge in [0.1, 0.15) is 0 Å². The topological polar surface area (TPSA) is 29.3 Å². The SMILES string of the molecule is CC1CSCCN1CC(N)c1ccccc1. The molecule has 1 aromatic carbocycles. The van der Waals surface area contributed by atoms with Crippen molar-refractivity contribution in [1.82, 2.24) is 4.90 Å². The summed E-state index contributed by atoms with van der Waals surface area (Å²) >= 11 is 2.05. The molecule has 1 fully saturated rings. The summed E-state index contributed by atoms with van der Waals surface area (Å²) in [5.41, 5.74) is 7.48. The van der Waals surface area contributed by atoms with Gasteiger partial charge in [-0.2, -0.15) is 11.8 Å². The van der Waals surface area contributed by atoms with Crippen molar-refractivity contribution in [3.63, 3.8) is 0 Å². The zero-order valence-electron chi connectivity index (χ0n) is 9.80. The van der Waals surface area contributed by atoms with Gasteiger partial charge in [0.25, 0.3) is 0 Å². The lowest BCUT2D eigenvalue weighted by Crippen LogP contribution is -2.43. The smallest absolute Gasteiger partial charge is 0.0424 e. The molecule has 2 nitrogen and oxygen atoms in total.